The number of phenols is 2. The van der Waals surface area contributed by atoms with Crippen LogP contribution in [0.3, 0.4) is 0 Å². The van der Waals surface area contributed by atoms with Gasteiger partial charge >= 0.3 is 0 Å². The highest BCUT2D eigenvalue weighted by molar-refractivity contribution is 7.28. The van der Waals surface area contributed by atoms with E-state index >= 15 is 0 Å². The van der Waals surface area contributed by atoms with Gasteiger partial charge in [0.2, 0.25) is 0 Å². The molecule has 0 spiro atoms. The zero-order valence-corrected chi connectivity index (χ0v) is 20.4. The van der Waals surface area contributed by atoms with Crippen molar-refractivity contribution >= 4 is 14.5 Å². The maximum atomic E-state index is 11.0. The number of unbranched alkanes of at least 4 members (excludes halogenated alkanes) is 2. The van der Waals surface area contributed by atoms with Crippen molar-refractivity contribution in [3.8, 4) is 33.8 Å². The monoisotopic (exact) mass is 434 g/mol. The molecular formula is C28H35O2P. The van der Waals surface area contributed by atoms with E-state index in [0.717, 1.165) is 77.2 Å². The van der Waals surface area contributed by atoms with E-state index in [2.05, 4.69) is 53.4 Å². The van der Waals surface area contributed by atoms with Gasteiger partial charge in [0.1, 0.15) is 11.5 Å². The zero-order valence-electron chi connectivity index (χ0n) is 19.3. The summed E-state index contributed by atoms with van der Waals surface area (Å²) in [6, 6.07) is 14.5. The lowest BCUT2D eigenvalue weighted by Gasteiger charge is -2.19. The minimum atomic E-state index is 0.315. The topological polar surface area (TPSA) is 40.5 Å². The van der Waals surface area contributed by atoms with Gasteiger partial charge in [0.05, 0.1) is 0 Å². The highest BCUT2D eigenvalue weighted by atomic mass is 31.0. The molecule has 1 unspecified atom stereocenters. The summed E-state index contributed by atoms with van der Waals surface area (Å²) in [6.45, 7) is 8.32. The number of benzene rings is 3. The Labute approximate surface area is 189 Å². The maximum Gasteiger partial charge on any atom is 0.126 e. The smallest absolute Gasteiger partial charge is 0.126 e. The van der Waals surface area contributed by atoms with Crippen molar-refractivity contribution in [2.45, 2.75) is 66.2 Å². The molecule has 0 radical (unpaired) electrons. The van der Waals surface area contributed by atoms with Crippen LogP contribution in [0.1, 0.15) is 61.8 Å². The number of phenolic OH excluding ortho intramolecular Hbond substituents is 2. The third kappa shape index (κ3) is 5.13. The molecule has 0 heterocycles. The average Bonchev–Trinajstić information content (AvgIpc) is 2.75. The van der Waals surface area contributed by atoms with E-state index < -0.39 is 0 Å². The van der Waals surface area contributed by atoms with Crippen LogP contribution in [0.4, 0.5) is 0 Å². The molecule has 31 heavy (non-hydrogen) atoms. The Morgan fingerprint density at radius 3 is 1.77 bits per heavy atom. The van der Waals surface area contributed by atoms with Crippen LogP contribution in [0, 0.1) is 13.8 Å². The number of hydrogen-bond donors (Lipinski definition) is 2. The molecule has 0 aromatic heterocycles. The molecule has 2 nitrogen and oxygen atoms in total. The predicted molar refractivity (Wildman–Crippen MR) is 137 cm³/mol. The van der Waals surface area contributed by atoms with Crippen molar-refractivity contribution in [3.63, 3.8) is 0 Å². The standard InChI is InChI=1S/C28H35O2P/c1-5-7-10-20-14-18(3)27(29)23(16-20)22-12-9-13-25(31)26(22)24-17-21(11-8-6-2)15-19(4)28(24)30/h9,12-17,29-30H,5-8,10-11,31H2,1-4H3. The average molecular weight is 435 g/mol. The first-order valence-electron chi connectivity index (χ1n) is 11.4. The Morgan fingerprint density at radius 2 is 1.23 bits per heavy atom. The molecule has 3 rings (SSSR count). The molecule has 0 saturated heterocycles. The van der Waals surface area contributed by atoms with Crippen LogP contribution in [0.15, 0.2) is 42.5 Å². The lowest BCUT2D eigenvalue weighted by molar-refractivity contribution is 0.471. The highest BCUT2D eigenvalue weighted by Crippen LogP contribution is 2.43. The molecule has 3 aromatic rings. The lowest BCUT2D eigenvalue weighted by atomic mass is 9.88. The molecule has 0 bridgehead atoms. The van der Waals surface area contributed by atoms with Crippen LogP contribution in [0.2, 0.25) is 0 Å². The fourth-order valence-electron chi connectivity index (χ4n) is 4.25. The molecule has 3 heteroatoms. The molecule has 2 N–H and O–H groups in total. The van der Waals surface area contributed by atoms with Crippen molar-refractivity contribution < 1.29 is 10.2 Å². The van der Waals surface area contributed by atoms with Gasteiger partial charge in [-0.3, -0.25) is 0 Å². The van der Waals surface area contributed by atoms with Crippen molar-refractivity contribution in [1.82, 2.24) is 0 Å². The zero-order chi connectivity index (χ0) is 22.5. The summed E-state index contributed by atoms with van der Waals surface area (Å²) >= 11 is 0. The largest absolute Gasteiger partial charge is 0.507 e. The lowest BCUT2D eigenvalue weighted by Crippen LogP contribution is -2.02. The normalized spacial score (nSPS) is 11.1. The van der Waals surface area contributed by atoms with Crippen LogP contribution in [-0.2, 0) is 12.8 Å². The van der Waals surface area contributed by atoms with Gasteiger partial charge in [-0.05, 0) is 84.8 Å². The van der Waals surface area contributed by atoms with Gasteiger partial charge < -0.3 is 10.2 Å². The maximum absolute atomic E-state index is 11.0. The van der Waals surface area contributed by atoms with E-state index in [9.17, 15) is 10.2 Å². The minimum Gasteiger partial charge on any atom is -0.507 e. The molecule has 1 atom stereocenters. The number of rotatable bonds is 8. The molecule has 0 fully saturated rings. The summed E-state index contributed by atoms with van der Waals surface area (Å²) in [4.78, 5) is 0. The molecule has 0 saturated carbocycles. The first kappa shape index (κ1) is 23.4. The highest BCUT2D eigenvalue weighted by Gasteiger charge is 2.19. The molecule has 0 aliphatic heterocycles. The van der Waals surface area contributed by atoms with Gasteiger partial charge in [-0.2, -0.15) is 0 Å². The fraction of sp³-hybridized carbons (Fsp3) is 0.357. The summed E-state index contributed by atoms with van der Waals surface area (Å²) in [5.41, 5.74) is 7.85. The van der Waals surface area contributed by atoms with Crippen LogP contribution in [0.25, 0.3) is 22.3 Å². The van der Waals surface area contributed by atoms with Crippen LogP contribution in [-0.4, -0.2) is 10.2 Å². The molecular weight excluding hydrogens is 399 g/mol. The molecule has 164 valence electrons. The van der Waals surface area contributed by atoms with Gasteiger partial charge in [0.25, 0.3) is 0 Å². The van der Waals surface area contributed by atoms with Gasteiger partial charge in [-0.15, -0.1) is 9.24 Å². The van der Waals surface area contributed by atoms with E-state index in [1.54, 1.807) is 0 Å². The van der Waals surface area contributed by atoms with Crippen molar-refractivity contribution in [2.24, 2.45) is 0 Å². The van der Waals surface area contributed by atoms with E-state index in [0.29, 0.717) is 11.5 Å². The van der Waals surface area contributed by atoms with Crippen LogP contribution >= 0.6 is 9.24 Å². The Balaban J connectivity index is 2.24. The molecule has 3 aromatic carbocycles. The fourth-order valence-corrected chi connectivity index (χ4v) is 4.67. The second kappa shape index (κ2) is 10.3. The quantitative estimate of drug-likeness (QED) is 0.367. The molecule has 0 aliphatic rings. The minimum absolute atomic E-state index is 0.315. The van der Waals surface area contributed by atoms with E-state index in [4.69, 9.17) is 0 Å². The first-order valence-corrected chi connectivity index (χ1v) is 12.0. The Hall–Kier alpha value is -2.31. The van der Waals surface area contributed by atoms with Gasteiger partial charge in [0.15, 0.2) is 0 Å². The third-order valence-corrected chi connectivity index (χ3v) is 6.50. The molecule has 0 aliphatic carbocycles. The van der Waals surface area contributed by atoms with Crippen LogP contribution in [0.5, 0.6) is 11.5 Å². The second-order valence-corrected chi connectivity index (χ2v) is 9.22. The van der Waals surface area contributed by atoms with Crippen molar-refractivity contribution in [2.75, 3.05) is 0 Å². The predicted octanol–water partition coefficient (Wildman–Crippen LogP) is 7.23. The Bertz CT molecular complexity index is 1070. The summed E-state index contributed by atoms with van der Waals surface area (Å²) in [5, 5.41) is 23.0. The van der Waals surface area contributed by atoms with Crippen molar-refractivity contribution in [1.29, 1.82) is 0 Å². The molecule has 0 amide bonds. The summed E-state index contributed by atoms with van der Waals surface area (Å²) < 4.78 is 0. The Kier molecular flexibility index (Phi) is 7.79. The third-order valence-electron chi connectivity index (χ3n) is 6.01. The van der Waals surface area contributed by atoms with E-state index in [-0.39, 0.29) is 0 Å². The summed E-state index contributed by atoms with van der Waals surface area (Å²) in [7, 11) is 2.81. The Morgan fingerprint density at radius 1 is 0.710 bits per heavy atom. The number of hydrogen-bond acceptors (Lipinski definition) is 2. The first-order chi connectivity index (χ1) is 14.9. The van der Waals surface area contributed by atoms with E-state index in [1.807, 2.05) is 26.0 Å². The summed E-state index contributed by atoms with van der Waals surface area (Å²) in [5.74, 6) is 0.630. The summed E-state index contributed by atoms with van der Waals surface area (Å²) in [6.07, 6.45) is 6.52. The number of aryl methyl sites for hydroxylation is 4. The van der Waals surface area contributed by atoms with E-state index in [1.165, 1.54) is 11.1 Å². The van der Waals surface area contributed by atoms with Crippen molar-refractivity contribution in [3.05, 3.63) is 64.7 Å². The van der Waals surface area contributed by atoms with Gasteiger partial charge in [-0.1, -0.05) is 57.0 Å². The second-order valence-electron chi connectivity index (χ2n) is 8.59. The van der Waals surface area contributed by atoms with Crippen LogP contribution < -0.4 is 5.30 Å². The SMILES string of the molecule is CCCCc1cc(C)c(O)c(-c2cccc(P)c2-c2cc(CCCC)cc(C)c2O)c1. The number of aromatic hydroxyl groups is 2. The van der Waals surface area contributed by atoms with Gasteiger partial charge in [0, 0.05) is 16.7 Å². The van der Waals surface area contributed by atoms with Gasteiger partial charge in [-0.25, -0.2) is 0 Å².